The van der Waals surface area contributed by atoms with Crippen molar-refractivity contribution in [3.8, 4) is 0 Å². The lowest BCUT2D eigenvalue weighted by Crippen LogP contribution is -2.39. The van der Waals surface area contributed by atoms with Crippen molar-refractivity contribution < 1.29 is 19.5 Å². The molecule has 2 N–H and O–H groups in total. The number of amides is 2. The average molecular weight is 290 g/mol. The van der Waals surface area contributed by atoms with Gasteiger partial charge in [-0.1, -0.05) is 25.1 Å². The molecule has 1 aliphatic heterocycles. The van der Waals surface area contributed by atoms with E-state index >= 15 is 0 Å². The smallest absolute Gasteiger partial charge is 0.308 e. The van der Waals surface area contributed by atoms with E-state index in [1.807, 2.05) is 6.92 Å². The molecule has 2 unspecified atom stereocenters. The van der Waals surface area contributed by atoms with Crippen molar-refractivity contribution >= 4 is 17.8 Å². The van der Waals surface area contributed by atoms with E-state index in [9.17, 15) is 14.4 Å². The zero-order chi connectivity index (χ0) is 15.4. The molecule has 0 bridgehead atoms. The number of benzene rings is 1. The molecule has 0 spiro atoms. The number of aliphatic carboxylic acids is 1. The van der Waals surface area contributed by atoms with Crippen LogP contribution in [0.25, 0.3) is 0 Å². The lowest BCUT2D eigenvalue weighted by atomic mass is 9.99. The third-order valence-corrected chi connectivity index (χ3v) is 3.72. The minimum atomic E-state index is -0.883. The van der Waals surface area contributed by atoms with Crippen molar-refractivity contribution in [1.82, 2.24) is 10.2 Å². The third-order valence-electron chi connectivity index (χ3n) is 3.72. The van der Waals surface area contributed by atoms with E-state index in [1.165, 1.54) is 4.90 Å². The quantitative estimate of drug-likeness (QED) is 0.850. The summed E-state index contributed by atoms with van der Waals surface area (Å²) in [4.78, 5) is 36.4. The molecule has 21 heavy (non-hydrogen) atoms. The molecule has 2 atom stereocenters. The van der Waals surface area contributed by atoms with Gasteiger partial charge in [0.2, 0.25) is 5.91 Å². The molecule has 1 aliphatic rings. The minimum Gasteiger partial charge on any atom is -0.481 e. The Morgan fingerprint density at radius 3 is 2.48 bits per heavy atom. The first-order valence-corrected chi connectivity index (χ1v) is 6.83. The molecular weight excluding hydrogens is 272 g/mol. The van der Waals surface area contributed by atoms with E-state index < -0.39 is 11.9 Å². The normalized spacial score (nSPS) is 21.1. The van der Waals surface area contributed by atoms with E-state index in [0.29, 0.717) is 12.1 Å². The first-order chi connectivity index (χ1) is 9.99. The summed E-state index contributed by atoms with van der Waals surface area (Å²) in [6.45, 7) is 2.31. The lowest BCUT2D eigenvalue weighted by Gasteiger charge is -2.16. The van der Waals surface area contributed by atoms with Crippen molar-refractivity contribution in [3.63, 3.8) is 0 Å². The third kappa shape index (κ3) is 3.59. The summed E-state index contributed by atoms with van der Waals surface area (Å²) in [5.41, 5.74) is 0.489. The number of likely N-dealkylation sites (tertiary alicyclic amines) is 1. The van der Waals surface area contributed by atoms with Crippen LogP contribution >= 0.6 is 0 Å². The monoisotopic (exact) mass is 290 g/mol. The second kappa shape index (κ2) is 6.39. The van der Waals surface area contributed by atoms with Crippen LogP contribution in [0.3, 0.4) is 0 Å². The van der Waals surface area contributed by atoms with Gasteiger partial charge in [0.25, 0.3) is 5.91 Å². The first kappa shape index (κ1) is 15.0. The number of carboxylic acid groups (broad SMARTS) is 1. The SMILES string of the molecule is CC1CN(C(=O)CNC(=O)c2ccccc2)CC1C(=O)O. The molecule has 0 saturated carbocycles. The lowest BCUT2D eigenvalue weighted by molar-refractivity contribution is -0.142. The van der Waals surface area contributed by atoms with E-state index in [-0.39, 0.29) is 30.8 Å². The van der Waals surface area contributed by atoms with E-state index in [4.69, 9.17) is 5.11 Å². The number of nitrogens with one attached hydrogen (secondary N) is 1. The number of rotatable bonds is 4. The number of carboxylic acids is 1. The average Bonchev–Trinajstić information content (AvgIpc) is 2.87. The van der Waals surface area contributed by atoms with Crippen LogP contribution in [0.2, 0.25) is 0 Å². The van der Waals surface area contributed by atoms with Crippen molar-refractivity contribution in [2.24, 2.45) is 11.8 Å². The molecule has 0 radical (unpaired) electrons. The highest BCUT2D eigenvalue weighted by Crippen LogP contribution is 2.22. The van der Waals surface area contributed by atoms with E-state index in [0.717, 1.165) is 0 Å². The van der Waals surface area contributed by atoms with Crippen LogP contribution in [-0.4, -0.2) is 47.4 Å². The number of nitrogens with zero attached hydrogens (tertiary/aromatic N) is 1. The second-order valence-corrected chi connectivity index (χ2v) is 5.27. The highest BCUT2D eigenvalue weighted by atomic mass is 16.4. The fourth-order valence-electron chi connectivity index (χ4n) is 2.45. The maximum Gasteiger partial charge on any atom is 0.308 e. The molecule has 2 rings (SSSR count). The van der Waals surface area contributed by atoms with Gasteiger partial charge in [-0.25, -0.2) is 0 Å². The molecule has 1 fully saturated rings. The maximum absolute atomic E-state index is 12.0. The van der Waals surface area contributed by atoms with Crippen molar-refractivity contribution in [2.45, 2.75) is 6.92 Å². The maximum atomic E-state index is 12.0. The number of hydrogen-bond donors (Lipinski definition) is 2. The Balaban J connectivity index is 1.86. The van der Waals surface area contributed by atoms with Gasteiger partial charge < -0.3 is 15.3 Å². The standard InChI is InChI=1S/C15H18N2O4/c1-10-8-17(9-12(10)15(20)21)13(18)7-16-14(19)11-5-3-2-4-6-11/h2-6,10,12H,7-9H2,1H3,(H,16,19)(H,20,21). The van der Waals surface area contributed by atoms with Gasteiger partial charge in [-0.3, -0.25) is 14.4 Å². The highest BCUT2D eigenvalue weighted by molar-refractivity contribution is 5.96. The molecule has 2 amide bonds. The molecule has 112 valence electrons. The molecule has 6 heteroatoms. The predicted molar refractivity (Wildman–Crippen MR) is 75.6 cm³/mol. The van der Waals surface area contributed by atoms with Crippen LogP contribution in [0.1, 0.15) is 17.3 Å². The van der Waals surface area contributed by atoms with Gasteiger partial charge in [-0.05, 0) is 18.1 Å². The van der Waals surface area contributed by atoms with Crippen LogP contribution in [0.4, 0.5) is 0 Å². The minimum absolute atomic E-state index is 0.0729. The van der Waals surface area contributed by atoms with Gasteiger partial charge in [-0.2, -0.15) is 0 Å². The summed E-state index contributed by atoms with van der Waals surface area (Å²) >= 11 is 0. The van der Waals surface area contributed by atoms with Crippen molar-refractivity contribution in [1.29, 1.82) is 0 Å². The summed E-state index contributed by atoms with van der Waals surface area (Å²) in [6.07, 6.45) is 0. The summed E-state index contributed by atoms with van der Waals surface area (Å²) in [6, 6.07) is 8.63. The summed E-state index contributed by atoms with van der Waals surface area (Å²) in [7, 11) is 0. The van der Waals surface area contributed by atoms with Crippen LogP contribution in [-0.2, 0) is 9.59 Å². The fourth-order valence-corrected chi connectivity index (χ4v) is 2.45. The van der Waals surface area contributed by atoms with Gasteiger partial charge in [0.15, 0.2) is 0 Å². The zero-order valence-electron chi connectivity index (χ0n) is 11.8. The number of hydrogen-bond acceptors (Lipinski definition) is 3. The topological polar surface area (TPSA) is 86.7 Å². The summed E-state index contributed by atoms with van der Waals surface area (Å²) in [5.74, 6) is -2.05. The Labute approximate surface area is 122 Å². The zero-order valence-corrected chi connectivity index (χ0v) is 11.8. The van der Waals surface area contributed by atoms with Gasteiger partial charge in [-0.15, -0.1) is 0 Å². The predicted octanol–water partition coefficient (Wildman–Crippen LogP) is 0.595. The molecule has 1 heterocycles. The van der Waals surface area contributed by atoms with E-state index in [1.54, 1.807) is 30.3 Å². The Kier molecular flexibility index (Phi) is 4.57. The van der Waals surface area contributed by atoms with E-state index in [2.05, 4.69) is 5.32 Å². The Morgan fingerprint density at radius 2 is 1.90 bits per heavy atom. The molecule has 1 saturated heterocycles. The number of carbonyl (C=O) groups excluding carboxylic acids is 2. The molecule has 0 aliphatic carbocycles. The fraction of sp³-hybridized carbons (Fsp3) is 0.400. The molecule has 6 nitrogen and oxygen atoms in total. The summed E-state index contributed by atoms with van der Waals surface area (Å²) in [5, 5.41) is 11.6. The van der Waals surface area contributed by atoms with Crippen molar-refractivity contribution in [3.05, 3.63) is 35.9 Å². The van der Waals surface area contributed by atoms with Gasteiger partial charge in [0, 0.05) is 18.7 Å². The molecule has 0 aromatic heterocycles. The van der Waals surface area contributed by atoms with Gasteiger partial charge in [0.05, 0.1) is 12.5 Å². The largest absolute Gasteiger partial charge is 0.481 e. The van der Waals surface area contributed by atoms with Crippen LogP contribution < -0.4 is 5.32 Å². The van der Waals surface area contributed by atoms with Gasteiger partial charge >= 0.3 is 5.97 Å². The second-order valence-electron chi connectivity index (χ2n) is 5.27. The molecule has 1 aromatic rings. The Bertz CT molecular complexity index is 544. The van der Waals surface area contributed by atoms with Crippen LogP contribution in [0.5, 0.6) is 0 Å². The first-order valence-electron chi connectivity index (χ1n) is 6.83. The Morgan fingerprint density at radius 1 is 1.24 bits per heavy atom. The highest BCUT2D eigenvalue weighted by Gasteiger charge is 2.36. The number of carbonyl (C=O) groups is 3. The molecular formula is C15H18N2O4. The van der Waals surface area contributed by atoms with Crippen LogP contribution in [0, 0.1) is 11.8 Å². The Hall–Kier alpha value is -2.37. The van der Waals surface area contributed by atoms with Gasteiger partial charge in [0.1, 0.15) is 0 Å². The summed E-state index contributed by atoms with van der Waals surface area (Å²) < 4.78 is 0. The van der Waals surface area contributed by atoms with Crippen molar-refractivity contribution in [2.75, 3.05) is 19.6 Å². The van der Waals surface area contributed by atoms with Crippen LogP contribution in [0.15, 0.2) is 30.3 Å². The molecule has 1 aromatic carbocycles.